The third-order valence-corrected chi connectivity index (χ3v) is 5.74. The van der Waals surface area contributed by atoms with Crippen LogP contribution in [0.3, 0.4) is 0 Å². The molecule has 1 saturated heterocycles. The Morgan fingerprint density at radius 3 is 2.93 bits per heavy atom. The molecule has 136 valence electrons. The molecular weight excluding hydrogens is 360 g/mol. The Balaban J connectivity index is 1.34. The predicted molar refractivity (Wildman–Crippen MR) is 107 cm³/mol. The van der Waals surface area contributed by atoms with Crippen molar-refractivity contribution in [2.24, 2.45) is 5.92 Å². The topological polar surface area (TPSA) is 49.3 Å². The van der Waals surface area contributed by atoms with E-state index in [-0.39, 0.29) is 11.8 Å². The van der Waals surface area contributed by atoms with Gasteiger partial charge in [-0.2, -0.15) is 0 Å². The van der Waals surface area contributed by atoms with Gasteiger partial charge in [0.05, 0.1) is 23.1 Å². The van der Waals surface area contributed by atoms with Gasteiger partial charge in [0, 0.05) is 30.3 Å². The van der Waals surface area contributed by atoms with Crippen LogP contribution in [0.25, 0.3) is 11.0 Å². The number of anilines is 2. The minimum absolute atomic E-state index is 0.00105. The number of carbonyl (C=O) groups excluding carboxylic acids is 1. The molecule has 1 atom stereocenters. The number of aromatic nitrogens is 2. The van der Waals surface area contributed by atoms with Gasteiger partial charge in [-0.25, -0.2) is 4.98 Å². The van der Waals surface area contributed by atoms with Crippen LogP contribution in [0.4, 0.5) is 11.5 Å². The number of para-hydroxylation sites is 1. The van der Waals surface area contributed by atoms with Gasteiger partial charge in [0.1, 0.15) is 5.82 Å². The number of halogens is 1. The smallest absolute Gasteiger partial charge is 0.231 e. The Hall–Kier alpha value is -2.66. The third kappa shape index (κ3) is 2.92. The van der Waals surface area contributed by atoms with Crippen molar-refractivity contribution in [2.45, 2.75) is 12.8 Å². The van der Waals surface area contributed by atoms with Crippen molar-refractivity contribution >= 4 is 40.0 Å². The second kappa shape index (κ2) is 6.50. The van der Waals surface area contributed by atoms with Crippen molar-refractivity contribution in [3.63, 3.8) is 0 Å². The Morgan fingerprint density at radius 2 is 2.00 bits per heavy atom. The van der Waals surface area contributed by atoms with E-state index in [2.05, 4.69) is 16.0 Å². The molecule has 0 radical (unpaired) electrons. The van der Waals surface area contributed by atoms with E-state index in [0.717, 1.165) is 48.5 Å². The zero-order valence-electron chi connectivity index (χ0n) is 14.8. The molecule has 27 heavy (non-hydrogen) atoms. The van der Waals surface area contributed by atoms with E-state index < -0.39 is 0 Å². The number of rotatable bonds is 2. The van der Waals surface area contributed by atoms with Gasteiger partial charge >= 0.3 is 0 Å². The van der Waals surface area contributed by atoms with Crippen LogP contribution in [-0.2, 0) is 11.2 Å². The van der Waals surface area contributed by atoms with Crippen molar-refractivity contribution in [3.8, 4) is 0 Å². The average molecular weight is 379 g/mol. The molecule has 0 N–H and O–H groups in total. The Bertz CT molecular complexity index is 1040. The Morgan fingerprint density at radius 1 is 1.11 bits per heavy atom. The van der Waals surface area contributed by atoms with Gasteiger partial charge < -0.3 is 9.80 Å². The van der Waals surface area contributed by atoms with Crippen molar-refractivity contribution < 1.29 is 4.79 Å². The minimum atomic E-state index is -0.00105. The van der Waals surface area contributed by atoms with Crippen molar-refractivity contribution in [1.29, 1.82) is 0 Å². The number of hydrogen-bond acceptors (Lipinski definition) is 4. The normalized spacial score (nSPS) is 18.9. The highest BCUT2D eigenvalue weighted by atomic mass is 35.5. The fraction of sp³-hybridized carbons (Fsp3) is 0.286. The molecule has 0 saturated carbocycles. The Kier molecular flexibility index (Phi) is 3.97. The highest BCUT2D eigenvalue weighted by molar-refractivity contribution is 6.31. The van der Waals surface area contributed by atoms with Gasteiger partial charge in [-0.1, -0.05) is 29.8 Å². The second-order valence-electron chi connectivity index (χ2n) is 7.16. The van der Waals surface area contributed by atoms with E-state index in [0.29, 0.717) is 11.6 Å². The van der Waals surface area contributed by atoms with Crippen molar-refractivity contribution in [2.75, 3.05) is 29.4 Å². The highest BCUT2D eigenvalue weighted by Gasteiger charge is 2.35. The van der Waals surface area contributed by atoms with Crippen molar-refractivity contribution in [1.82, 2.24) is 9.97 Å². The van der Waals surface area contributed by atoms with Gasteiger partial charge in [-0.3, -0.25) is 9.78 Å². The fourth-order valence-electron chi connectivity index (χ4n) is 4.08. The number of hydrogen-bond donors (Lipinski definition) is 0. The van der Waals surface area contributed by atoms with Gasteiger partial charge in [-0.15, -0.1) is 0 Å². The molecule has 1 amide bonds. The SMILES string of the molecule is O=C(C1CCN(c2cnc3cc(Cl)ccc3n2)C1)N1CCc2ccccc21. The summed E-state index contributed by atoms with van der Waals surface area (Å²) in [5, 5.41) is 0.655. The first kappa shape index (κ1) is 16.5. The maximum atomic E-state index is 13.1. The van der Waals surface area contributed by atoms with Crippen LogP contribution in [0.5, 0.6) is 0 Å². The van der Waals surface area contributed by atoms with Crippen LogP contribution >= 0.6 is 11.6 Å². The summed E-state index contributed by atoms with van der Waals surface area (Å²) < 4.78 is 0. The van der Waals surface area contributed by atoms with E-state index in [1.807, 2.05) is 41.3 Å². The quantitative estimate of drug-likeness (QED) is 0.682. The average Bonchev–Trinajstić information content (AvgIpc) is 3.34. The molecular formula is C21H19ClN4O. The number of fused-ring (bicyclic) bond motifs is 2. The molecule has 1 aromatic heterocycles. The summed E-state index contributed by atoms with van der Waals surface area (Å²) in [6, 6.07) is 13.7. The summed E-state index contributed by atoms with van der Waals surface area (Å²) in [4.78, 5) is 26.4. The molecule has 2 aliphatic rings. The molecule has 0 spiro atoms. The number of nitrogens with zero attached hydrogens (tertiary/aromatic N) is 4. The van der Waals surface area contributed by atoms with Crippen LogP contribution in [0.2, 0.25) is 5.02 Å². The van der Waals surface area contributed by atoms with Crippen LogP contribution in [0.1, 0.15) is 12.0 Å². The van der Waals surface area contributed by atoms with Gasteiger partial charge in [0.25, 0.3) is 0 Å². The molecule has 5 rings (SSSR count). The van der Waals surface area contributed by atoms with Gasteiger partial charge in [-0.05, 0) is 42.7 Å². The van der Waals surface area contributed by atoms with Crippen LogP contribution < -0.4 is 9.80 Å². The summed E-state index contributed by atoms with van der Waals surface area (Å²) in [5.41, 5.74) is 3.94. The van der Waals surface area contributed by atoms with Gasteiger partial charge in [0.2, 0.25) is 5.91 Å². The molecule has 0 aliphatic carbocycles. The maximum Gasteiger partial charge on any atom is 0.231 e. The van der Waals surface area contributed by atoms with Crippen molar-refractivity contribution in [3.05, 3.63) is 59.2 Å². The summed E-state index contributed by atoms with van der Waals surface area (Å²) in [7, 11) is 0. The maximum absolute atomic E-state index is 13.1. The zero-order chi connectivity index (χ0) is 18.4. The van der Waals surface area contributed by atoms with E-state index >= 15 is 0 Å². The molecule has 1 unspecified atom stereocenters. The molecule has 3 aromatic rings. The molecule has 6 heteroatoms. The van der Waals surface area contributed by atoms with E-state index in [1.54, 1.807) is 6.20 Å². The third-order valence-electron chi connectivity index (χ3n) is 5.51. The lowest BCUT2D eigenvalue weighted by Gasteiger charge is -2.22. The standard InChI is InChI=1S/C21H19ClN4O/c22-16-5-6-17-18(11-16)23-12-20(24-17)25-9-7-15(13-25)21(27)26-10-8-14-3-1-2-4-19(14)26/h1-6,11-12,15H,7-10,13H2. The summed E-state index contributed by atoms with van der Waals surface area (Å²) in [5.74, 6) is 1.05. The number of benzene rings is 2. The summed E-state index contributed by atoms with van der Waals surface area (Å²) in [6.07, 6.45) is 3.56. The van der Waals surface area contributed by atoms with Gasteiger partial charge in [0.15, 0.2) is 0 Å². The second-order valence-corrected chi connectivity index (χ2v) is 7.60. The lowest BCUT2D eigenvalue weighted by Crippen LogP contribution is -2.36. The first-order valence-corrected chi connectivity index (χ1v) is 9.63. The molecule has 5 nitrogen and oxygen atoms in total. The molecule has 2 aromatic carbocycles. The monoisotopic (exact) mass is 378 g/mol. The predicted octanol–water partition coefficient (Wildman–Crippen LogP) is 3.70. The lowest BCUT2D eigenvalue weighted by atomic mass is 10.1. The largest absolute Gasteiger partial charge is 0.354 e. The van der Waals surface area contributed by atoms with Crippen LogP contribution in [-0.4, -0.2) is 35.5 Å². The highest BCUT2D eigenvalue weighted by Crippen LogP contribution is 2.31. The molecule has 2 aliphatic heterocycles. The Labute approximate surface area is 162 Å². The molecule has 0 bridgehead atoms. The minimum Gasteiger partial charge on any atom is -0.354 e. The van der Waals surface area contributed by atoms with E-state index in [9.17, 15) is 4.79 Å². The molecule has 3 heterocycles. The summed E-state index contributed by atoms with van der Waals surface area (Å²) in [6.45, 7) is 2.29. The number of amides is 1. The van der Waals surface area contributed by atoms with E-state index in [4.69, 9.17) is 16.6 Å². The summed E-state index contributed by atoms with van der Waals surface area (Å²) >= 11 is 6.02. The van der Waals surface area contributed by atoms with Crippen LogP contribution in [0.15, 0.2) is 48.7 Å². The first-order chi connectivity index (χ1) is 13.2. The first-order valence-electron chi connectivity index (χ1n) is 9.25. The lowest BCUT2D eigenvalue weighted by molar-refractivity contribution is -0.121. The zero-order valence-corrected chi connectivity index (χ0v) is 15.6. The van der Waals surface area contributed by atoms with Crippen LogP contribution in [0, 0.1) is 5.92 Å². The number of carbonyl (C=O) groups is 1. The molecule has 1 fully saturated rings. The van der Waals surface area contributed by atoms with E-state index in [1.165, 1.54) is 5.56 Å². The fourth-order valence-corrected chi connectivity index (χ4v) is 4.25.